The van der Waals surface area contributed by atoms with E-state index in [9.17, 15) is 8.42 Å². The third-order valence-corrected chi connectivity index (χ3v) is 4.76. The molecule has 1 aromatic heterocycles. The highest BCUT2D eigenvalue weighted by atomic mass is 32.2. The predicted octanol–water partition coefficient (Wildman–Crippen LogP) is 0.433. The van der Waals surface area contributed by atoms with Crippen LogP contribution in [0.15, 0.2) is 5.38 Å². The van der Waals surface area contributed by atoms with Gasteiger partial charge in [-0.2, -0.15) is 4.31 Å². The monoisotopic (exact) mass is 263 g/mol. The quantitative estimate of drug-likeness (QED) is 0.808. The summed E-state index contributed by atoms with van der Waals surface area (Å²) in [4.78, 5) is 4.24. The fraction of sp³-hybridized carbons (Fsp3) is 0.667. The number of hydrogen-bond acceptors (Lipinski definition) is 5. The summed E-state index contributed by atoms with van der Waals surface area (Å²) in [5, 5.41) is 5.67. The number of nitrogens with one attached hydrogen (secondary N) is 1. The molecule has 1 rings (SSSR count). The van der Waals surface area contributed by atoms with Gasteiger partial charge in [0, 0.05) is 19.0 Å². The summed E-state index contributed by atoms with van der Waals surface area (Å²) in [6, 6.07) is 0. The van der Waals surface area contributed by atoms with E-state index in [4.69, 9.17) is 0 Å². The topological polar surface area (TPSA) is 62.3 Å². The lowest BCUT2D eigenvalue weighted by atomic mass is 10.5. The standard InChI is InChI=1S/C9H17N3O2S2/c1-8-11-9(7-15-8)6-12(3)16(13,14)5-4-10-2/h7,10H,4-6H2,1-3H3. The van der Waals surface area contributed by atoms with Crippen LogP contribution in [0.4, 0.5) is 0 Å². The van der Waals surface area contributed by atoms with Crippen LogP contribution in [-0.4, -0.2) is 44.1 Å². The van der Waals surface area contributed by atoms with Crippen molar-refractivity contribution in [2.24, 2.45) is 0 Å². The van der Waals surface area contributed by atoms with Crippen LogP contribution in [0.5, 0.6) is 0 Å². The average molecular weight is 263 g/mol. The first-order chi connectivity index (χ1) is 7.45. The molecule has 92 valence electrons. The number of hydrogen-bond donors (Lipinski definition) is 1. The Bertz CT molecular complexity index is 428. The fourth-order valence-electron chi connectivity index (χ4n) is 1.19. The summed E-state index contributed by atoms with van der Waals surface area (Å²) >= 11 is 1.53. The largest absolute Gasteiger partial charge is 0.319 e. The molecule has 16 heavy (non-hydrogen) atoms. The third kappa shape index (κ3) is 3.82. The summed E-state index contributed by atoms with van der Waals surface area (Å²) < 4.78 is 24.9. The Balaban J connectivity index is 2.61. The minimum Gasteiger partial charge on any atom is -0.319 e. The van der Waals surface area contributed by atoms with E-state index in [0.29, 0.717) is 13.1 Å². The molecule has 0 amide bonds. The Hall–Kier alpha value is -0.500. The first-order valence-electron chi connectivity index (χ1n) is 4.95. The molecule has 0 aromatic carbocycles. The maximum absolute atomic E-state index is 11.8. The van der Waals surface area contributed by atoms with E-state index < -0.39 is 10.0 Å². The summed E-state index contributed by atoms with van der Waals surface area (Å²) in [5.74, 6) is 0.114. The predicted molar refractivity (Wildman–Crippen MR) is 66.0 cm³/mol. The molecule has 0 spiro atoms. The highest BCUT2D eigenvalue weighted by Gasteiger charge is 2.18. The van der Waals surface area contributed by atoms with Gasteiger partial charge < -0.3 is 5.32 Å². The molecule has 1 heterocycles. The lowest BCUT2D eigenvalue weighted by Gasteiger charge is -2.15. The van der Waals surface area contributed by atoms with E-state index in [1.807, 2.05) is 12.3 Å². The van der Waals surface area contributed by atoms with Gasteiger partial charge in [0.2, 0.25) is 10.0 Å². The van der Waals surface area contributed by atoms with Gasteiger partial charge in [-0.05, 0) is 14.0 Å². The molecule has 0 aliphatic rings. The van der Waals surface area contributed by atoms with Gasteiger partial charge in [0.15, 0.2) is 0 Å². The van der Waals surface area contributed by atoms with Crippen LogP contribution in [0.2, 0.25) is 0 Å². The molecule has 0 aliphatic heterocycles. The van der Waals surface area contributed by atoms with Gasteiger partial charge in [0.25, 0.3) is 0 Å². The highest BCUT2D eigenvalue weighted by molar-refractivity contribution is 7.89. The van der Waals surface area contributed by atoms with Crippen molar-refractivity contribution in [1.82, 2.24) is 14.6 Å². The summed E-state index contributed by atoms with van der Waals surface area (Å²) in [7, 11) is 0.143. The molecule has 0 saturated carbocycles. The van der Waals surface area contributed by atoms with Crippen LogP contribution >= 0.6 is 11.3 Å². The second kappa shape index (κ2) is 5.72. The molecule has 0 radical (unpaired) electrons. The van der Waals surface area contributed by atoms with Gasteiger partial charge in [-0.25, -0.2) is 13.4 Å². The zero-order valence-corrected chi connectivity index (χ0v) is 11.4. The molecule has 0 atom stereocenters. The Morgan fingerprint density at radius 2 is 2.25 bits per heavy atom. The smallest absolute Gasteiger partial charge is 0.215 e. The van der Waals surface area contributed by atoms with Crippen LogP contribution < -0.4 is 5.32 Å². The molecule has 5 nitrogen and oxygen atoms in total. The van der Waals surface area contributed by atoms with Crippen molar-refractivity contribution < 1.29 is 8.42 Å². The minimum absolute atomic E-state index is 0.114. The summed E-state index contributed by atoms with van der Waals surface area (Å²) in [6.45, 7) is 2.71. The minimum atomic E-state index is -3.18. The maximum atomic E-state index is 11.8. The van der Waals surface area contributed by atoms with Crippen LogP contribution in [0, 0.1) is 6.92 Å². The van der Waals surface area contributed by atoms with Crippen LogP contribution in [0.3, 0.4) is 0 Å². The van der Waals surface area contributed by atoms with Crippen molar-refractivity contribution in [2.45, 2.75) is 13.5 Å². The molecule has 0 bridgehead atoms. The van der Waals surface area contributed by atoms with Gasteiger partial charge >= 0.3 is 0 Å². The van der Waals surface area contributed by atoms with Gasteiger partial charge in [0.05, 0.1) is 23.0 Å². The third-order valence-electron chi connectivity index (χ3n) is 2.14. The van der Waals surface area contributed by atoms with Crippen molar-refractivity contribution in [1.29, 1.82) is 0 Å². The Morgan fingerprint density at radius 3 is 2.75 bits per heavy atom. The van der Waals surface area contributed by atoms with Crippen molar-refractivity contribution in [2.75, 3.05) is 26.4 Å². The van der Waals surface area contributed by atoms with Crippen LogP contribution in [0.1, 0.15) is 10.7 Å². The van der Waals surface area contributed by atoms with Gasteiger partial charge in [-0.3, -0.25) is 0 Å². The van der Waals surface area contributed by atoms with Crippen molar-refractivity contribution >= 4 is 21.4 Å². The zero-order valence-electron chi connectivity index (χ0n) is 9.73. The van der Waals surface area contributed by atoms with Gasteiger partial charge in [0.1, 0.15) is 0 Å². The molecule has 0 unspecified atom stereocenters. The van der Waals surface area contributed by atoms with Crippen LogP contribution in [-0.2, 0) is 16.6 Å². The molecular weight excluding hydrogens is 246 g/mol. The maximum Gasteiger partial charge on any atom is 0.215 e. The number of aromatic nitrogens is 1. The lowest BCUT2D eigenvalue weighted by molar-refractivity contribution is 0.462. The first-order valence-corrected chi connectivity index (χ1v) is 7.44. The molecule has 0 aliphatic carbocycles. The van der Waals surface area contributed by atoms with Gasteiger partial charge in [-0.1, -0.05) is 0 Å². The summed E-state index contributed by atoms with van der Waals surface area (Å²) in [6.07, 6.45) is 0. The van der Waals surface area contributed by atoms with Crippen molar-refractivity contribution in [3.63, 3.8) is 0 Å². The van der Waals surface area contributed by atoms with Gasteiger partial charge in [-0.15, -0.1) is 11.3 Å². The van der Waals surface area contributed by atoms with Crippen molar-refractivity contribution in [3.8, 4) is 0 Å². The Labute approximate surface area is 101 Å². The number of sulfonamides is 1. The molecule has 7 heteroatoms. The molecule has 0 fully saturated rings. The molecule has 1 N–H and O–H groups in total. The number of rotatable bonds is 6. The number of nitrogens with zero attached hydrogens (tertiary/aromatic N) is 2. The van der Waals surface area contributed by atoms with E-state index in [-0.39, 0.29) is 5.75 Å². The fourth-order valence-corrected chi connectivity index (χ4v) is 2.90. The van der Waals surface area contributed by atoms with E-state index in [0.717, 1.165) is 10.7 Å². The summed E-state index contributed by atoms with van der Waals surface area (Å²) in [5.41, 5.74) is 0.804. The zero-order chi connectivity index (χ0) is 12.2. The SMILES string of the molecule is CNCCS(=O)(=O)N(C)Cc1csc(C)n1. The normalized spacial score (nSPS) is 12.2. The van der Waals surface area contributed by atoms with Crippen molar-refractivity contribution in [3.05, 3.63) is 16.1 Å². The van der Waals surface area contributed by atoms with Crippen LogP contribution in [0.25, 0.3) is 0 Å². The number of aryl methyl sites for hydroxylation is 1. The van der Waals surface area contributed by atoms with E-state index in [1.54, 1.807) is 14.1 Å². The van der Waals surface area contributed by atoms with E-state index in [2.05, 4.69) is 10.3 Å². The Morgan fingerprint density at radius 1 is 1.56 bits per heavy atom. The lowest BCUT2D eigenvalue weighted by Crippen LogP contribution is -2.32. The highest BCUT2D eigenvalue weighted by Crippen LogP contribution is 2.11. The molecule has 1 aromatic rings. The molecule has 0 saturated heterocycles. The first kappa shape index (κ1) is 13.6. The van der Waals surface area contributed by atoms with E-state index >= 15 is 0 Å². The van der Waals surface area contributed by atoms with E-state index in [1.165, 1.54) is 15.6 Å². The number of thiazole rings is 1. The Kier molecular flexibility index (Phi) is 4.85. The molecular formula is C9H17N3O2S2. The second-order valence-corrected chi connectivity index (χ2v) is 6.79. The average Bonchev–Trinajstić information content (AvgIpc) is 2.61. The second-order valence-electron chi connectivity index (χ2n) is 3.53.